The molecule has 1 rings (SSSR count). The second-order valence-corrected chi connectivity index (χ2v) is 6.52. The molecule has 0 saturated heterocycles. The third-order valence-corrected chi connectivity index (χ3v) is 4.57. The molecular formula is C19H38N2. The predicted octanol–water partition coefficient (Wildman–Crippen LogP) is 5.75. The SMILES string of the molecule is CCCCCCCN1C=CN(CCCCC)C1CCCC. The van der Waals surface area contributed by atoms with Gasteiger partial charge in [0.05, 0.1) is 0 Å². The molecule has 0 bridgehead atoms. The minimum absolute atomic E-state index is 0.646. The van der Waals surface area contributed by atoms with Gasteiger partial charge in [-0.3, -0.25) is 0 Å². The minimum atomic E-state index is 0.646. The Kier molecular flexibility index (Phi) is 10.5. The van der Waals surface area contributed by atoms with Gasteiger partial charge in [0.1, 0.15) is 6.17 Å². The molecule has 2 heteroatoms. The number of unbranched alkanes of at least 4 members (excludes halogenated alkanes) is 7. The molecule has 1 aliphatic heterocycles. The molecule has 0 amide bonds. The lowest BCUT2D eigenvalue weighted by Gasteiger charge is -2.33. The van der Waals surface area contributed by atoms with Crippen LogP contribution in [0, 0.1) is 0 Å². The highest BCUT2D eigenvalue weighted by molar-refractivity contribution is 4.96. The maximum atomic E-state index is 2.60. The first kappa shape index (κ1) is 18.4. The Morgan fingerprint density at radius 1 is 0.619 bits per heavy atom. The fraction of sp³-hybridized carbons (Fsp3) is 0.895. The maximum Gasteiger partial charge on any atom is 0.101 e. The molecule has 0 N–H and O–H groups in total. The van der Waals surface area contributed by atoms with Gasteiger partial charge in [0.25, 0.3) is 0 Å². The van der Waals surface area contributed by atoms with Crippen molar-refractivity contribution in [3.8, 4) is 0 Å². The van der Waals surface area contributed by atoms with Gasteiger partial charge in [0.2, 0.25) is 0 Å². The summed E-state index contributed by atoms with van der Waals surface area (Å²) in [4.78, 5) is 5.20. The topological polar surface area (TPSA) is 6.48 Å². The Labute approximate surface area is 133 Å². The lowest BCUT2D eigenvalue weighted by Crippen LogP contribution is -2.39. The van der Waals surface area contributed by atoms with Crippen LogP contribution >= 0.6 is 0 Å². The number of hydrogen-bond donors (Lipinski definition) is 0. The van der Waals surface area contributed by atoms with Crippen molar-refractivity contribution in [3.05, 3.63) is 12.4 Å². The number of nitrogens with zero attached hydrogens (tertiary/aromatic N) is 2. The molecule has 0 aromatic carbocycles. The van der Waals surface area contributed by atoms with Gasteiger partial charge in [0.15, 0.2) is 0 Å². The molecule has 1 unspecified atom stereocenters. The fourth-order valence-corrected chi connectivity index (χ4v) is 3.17. The zero-order chi connectivity index (χ0) is 15.3. The first-order valence-electron chi connectivity index (χ1n) is 9.53. The molecule has 0 radical (unpaired) electrons. The Bertz CT molecular complexity index is 262. The van der Waals surface area contributed by atoms with E-state index < -0.39 is 0 Å². The van der Waals surface area contributed by atoms with E-state index in [1.165, 1.54) is 83.7 Å². The van der Waals surface area contributed by atoms with Crippen molar-refractivity contribution in [2.75, 3.05) is 13.1 Å². The third kappa shape index (κ3) is 7.24. The van der Waals surface area contributed by atoms with Crippen molar-refractivity contribution < 1.29 is 0 Å². The second kappa shape index (κ2) is 11.9. The van der Waals surface area contributed by atoms with E-state index in [0.717, 1.165) is 0 Å². The Morgan fingerprint density at radius 2 is 1.10 bits per heavy atom. The van der Waals surface area contributed by atoms with Gasteiger partial charge in [-0.25, -0.2) is 0 Å². The summed E-state index contributed by atoms with van der Waals surface area (Å²) in [6.45, 7) is 9.37. The van der Waals surface area contributed by atoms with Crippen LogP contribution in [0.4, 0.5) is 0 Å². The van der Waals surface area contributed by atoms with Crippen molar-refractivity contribution in [1.82, 2.24) is 9.80 Å². The fourth-order valence-electron chi connectivity index (χ4n) is 3.17. The largest absolute Gasteiger partial charge is 0.356 e. The summed E-state index contributed by atoms with van der Waals surface area (Å²) in [5.41, 5.74) is 0. The highest BCUT2D eigenvalue weighted by atomic mass is 15.4. The molecule has 1 atom stereocenters. The van der Waals surface area contributed by atoms with Crippen LogP contribution in [-0.4, -0.2) is 29.1 Å². The molecule has 0 saturated carbocycles. The zero-order valence-electron chi connectivity index (χ0n) is 14.8. The van der Waals surface area contributed by atoms with E-state index in [2.05, 4.69) is 43.0 Å². The van der Waals surface area contributed by atoms with Crippen molar-refractivity contribution in [3.63, 3.8) is 0 Å². The van der Waals surface area contributed by atoms with Crippen LogP contribution in [0.15, 0.2) is 12.4 Å². The number of hydrogen-bond acceptors (Lipinski definition) is 2. The summed E-state index contributed by atoms with van der Waals surface area (Å²) >= 11 is 0. The van der Waals surface area contributed by atoms with Crippen LogP contribution in [0.25, 0.3) is 0 Å². The van der Waals surface area contributed by atoms with E-state index in [9.17, 15) is 0 Å². The van der Waals surface area contributed by atoms with Gasteiger partial charge < -0.3 is 9.80 Å². The highest BCUT2D eigenvalue weighted by Crippen LogP contribution is 2.22. The molecule has 0 aromatic rings. The van der Waals surface area contributed by atoms with Crippen LogP contribution in [0.1, 0.15) is 91.4 Å². The number of rotatable bonds is 13. The maximum absolute atomic E-state index is 2.60. The molecule has 0 spiro atoms. The van der Waals surface area contributed by atoms with Gasteiger partial charge in [-0.05, 0) is 25.7 Å². The lowest BCUT2D eigenvalue weighted by atomic mass is 10.1. The van der Waals surface area contributed by atoms with Crippen LogP contribution in [0.2, 0.25) is 0 Å². The average Bonchev–Trinajstić information content (AvgIpc) is 2.87. The van der Waals surface area contributed by atoms with Crippen LogP contribution in [-0.2, 0) is 0 Å². The van der Waals surface area contributed by atoms with Crippen molar-refractivity contribution >= 4 is 0 Å². The second-order valence-electron chi connectivity index (χ2n) is 6.52. The highest BCUT2D eigenvalue weighted by Gasteiger charge is 2.24. The first-order valence-corrected chi connectivity index (χ1v) is 9.53. The first-order chi connectivity index (χ1) is 10.3. The average molecular weight is 295 g/mol. The summed E-state index contributed by atoms with van der Waals surface area (Å²) in [5.74, 6) is 0. The van der Waals surface area contributed by atoms with Gasteiger partial charge >= 0.3 is 0 Å². The molecule has 2 nitrogen and oxygen atoms in total. The molecular weight excluding hydrogens is 256 g/mol. The summed E-state index contributed by atoms with van der Waals surface area (Å²) in [5, 5.41) is 0. The predicted molar refractivity (Wildman–Crippen MR) is 94.1 cm³/mol. The quantitative estimate of drug-likeness (QED) is 0.399. The van der Waals surface area contributed by atoms with Crippen molar-refractivity contribution in [2.45, 2.75) is 97.6 Å². The van der Waals surface area contributed by atoms with E-state index in [-0.39, 0.29) is 0 Å². The van der Waals surface area contributed by atoms with Gasteiger partial charge in [-0.2, -0.15) is 0 Å². The van der Waals surface area contributed by atoms with E-state index >= 15 is 0 Å². The van der Waals surface area contributed by atoms with Crippen LogP contribution in [0.3, 0.4) is 0 Å². The Morgan fingerprint density at radius 3 is 1.67 bits per heavy atom. The summed E-state index contributed by atoms with van der Waals surface area (Å²) in [6.07, 6.45) is 20.3. The molecule has 0 aromatic heterocycles. The van der Waals surface area contributed by atoms with Crippen LogP contribution in [0.5, 0.6) is 0 Å². The Hall–Kier alpha value is -0.660. The molecule has 0 aliphatic carbocycles. The standard InChI is InChI=1S/C19H38N2/c1-4-7-10-11-13-16-21-18-17-20(15-12-8-5-2)19(21)14-9-6-3/h17-19H,4-16H2,1-3H3. The molecule has 0 fully saturated rings. The Balaban J connectivity index is 2.33. The molecule has 1 heterocycles. The van der Waals surface area contributed by atoms with Gasteiger partial charge in [-0.1, -0.05) is 65.7 Å². The monoisotopic (exact) mass is 294 g/mol. The third-order valence-electron chi connectivity index (χ3n) is 4.57. The van der Waals surface area contributed by atoms with Crippen molar-refractivity contribution in [1.29, 1.82) is 0 Å². The van der Waals surface area contributed by atoms with Gasteiger partial charge in [0, 0.05) is 25.5 Å². The van der Waals surface area contributed by atoms with Crippen LogP contribution < -0.4 is 0 Å². The summed E-state index contributed by atoms with van der Waals surface area (Å²) < 4.78 is 0. The summed E-state index contributed by atoms with van der Waals surface area (Å²) in [7, 11) is 0. The van der Waals surface area contributed by atoms with Gasteiger partial charge in [-0.15, -0.1) is 0 Å². The van der Waals surface area contributed by atoms with E-state index in [0.29, 0.717) is 6.17 Å². The normalized spacial score (nSPS) is 18.0. The van der Waals surface area contributed by atoms with Crippen molar-refractivity contribution in [2.24, 2.45) is 0 Å². The smallest absolute Gasteiger partial charge is 0.101 e. The molecule has 1 aliphatic rings. The minimum Gasteiger partial charge on any atom is -0.356 e. The summed E-state index contributed by atoms with van der Waals surface area (Å²) in [6, 6.07) is 0. The molecule has 21 heavy (non-hydrogen) atoms. The van der Waals surface area contributed by atoms with E-state index in [1.54, 1.807) is 0 Å². The van der Waals surface area contributed by atoms with E-state index in [4.69, 9.17) is 0 Å². The lowest BCUT2D eigenvalue weighted by molar-refractivity contribution is 0.136. The molecule has 124 valence electrons. The van der Waals surface area contributed by atoms with E-state index in [1.807, 2.05) is 0 Å². The zero-order valence-corrected chi connectivity index (χ0v) is 14.8.